The summed E-state index contributed by atoms with van der Waals surface area (Å²) in [5, 5.41) is 5.39. The Morgan fingerprint density at radius 3 is 2.57 bits per heavy atom. The molecule has 0 saturated carbocycles. The lowest BCUT2D eigenvalue weighted by Crippen LogP contribution is -2.46. The van der Waals surface area contributed by atoms with Gasteiger partial charge in [-0.2, -0.15) is 5.10 Å². The Kier molecular flexibility index (Phi) is 5.23. The van der Waals surface area contributed by atoms with Crippen molar-refractivity contribution in [1.82, 2.24) is 19.7 Å². The van der Waals surface area contributed by atoms with E-state index in [4.69, 9.17) is 26.2 Å². The monoisotopic (exact) mass is 425 g/mol. The summed E-state index contributed by atoms with van der Waals surface area (Å²) in [6.45, 7) is 5.86. The number of benzene rings is 1. The van der Waals surface area contributed by atoms with E-state index in [1.807, 2.05) is 36.0 Å². The highest BCUT2D eigenvalue weighted by atomic mass is 35.5. The van der Waals surface area contributed by atoms with Crippen molar-refractivity contribution >= 4 is 17.4 Å². The lowest BCUT2D eigenvalue weighted by molar-refractivity contribution is 0.171. The SMILES string of the molecule is Cn1cc(CN2CCN(c3ccc(Cl)cn3)CC2)c(-c2ccc3c(c2)OCCO3)n1. The van der Waals surface area contributed by atoms with Crippen LogP contribution in [-0.2, 0) is 13.6 Å². The maximum atomic E-state index is 5.96. The first-order chi connectivity index (χ1) is 14.7. The lowest BCUT2D eigenvalue weighted by Gasteiger charge is -2.35. The van der Waals surface area contributed by atoms with E-state index in [0.717, 1.165) is 61.3 Å². The van der Waals surface area contributed by atoms with Crippen LogP contribution in [0.25, 0.3) is 11.3 Å². The number of halogens is 1. The molecule has 2 aliphatic rings. The van der Waals surface area contributed by atoms with E-state index < -0.39 is 0 Å². The fraction of sp³-hybridized carbons (Fsp3) is 0.364. The summed E-state index contributed by atoms with van der Waals surface area (Å²) >= 11 is 5.96. The predicted molar refractivity (Wildman–Crippen MR) is 116 cm³/mol. The zero-order valence-electron chi connectivity index (χ0n) is 16.9. The van der Waals surface area contributed by atoms with E-state index in [0.29, 0.717) is 18.2 Å². The Bertz CT molecular complexity index is 1030. The predicted octanol–water partition coefficient (Wildman–Crippen LogP) is 3.23. The molecule has 0 spiro atoms. The minimum atomic E-state index is 0.582. The molecule has 1 aromatic carbocycles. The normalized spacial score (nSPS) is 16.7. The minimum absolute atomic E-state index is 0.582. The summed E-state index contributed by atoms with van der Waals surface area (Å²) in [5.41, 5.74) is 3.27. The third kappa shape index (κ3) is 3.95. The largest absolute Gasteiger partial charge is 0.486 e. The Morgan fingerprint density at radius 1 is 1.00 bits per heavy atom. The molecular weight excluding hydrogens is 402 g/mol. The van der Waals surface area contributed by atoms with Gasteiger partial charge >= 0.3 is 0 Å². The number of hydrogen-bond acceptors (Lipinski definition) is 6. The third-order valence-corrected chi connectivity index (χ3v) is 5.75. The summed E-state index contributed by atoms with van der Waals surface area (Å²) in [5.74, 6) is 2.58. The second-order valence-corrected chi connectivity index (χ2v) is 8.07. The third-order valence-electron chi connectivity index (χ3n) is 5.52. The number of fused-ring (bicyclic) bond motifs is 1. The number of pyridine rings is 1. The summed E-state index contributed by atoms with van der Waals surface area (Å²) in [6, 6.07) is 9.94. The standard InChI is InChI=1S/C22H24ClN5O2/c1-26-14-17(22(25-26)16-2-4-19-20(12-16)30-11-10-29-19)15-27-6-8-28(9-7-27)21-5-3-18(23)13-24-21/h2-5,12-14H,6-11,15H2,1H3. The second kappa shape index (κ2) is 8.16. The van der Waals surface area contributed by atoms with Gasteiger partial charge in [0.05, 0.1) is 10.7 Å². The van der Waals surface area contributed by atoms with Crippen LogP contribution in [0.15, 0.2) is 42.7 Å². The van der Waals surface area contributed by atoms with Crippen molar-refractivity contribution in [2.45, 2.75) is 6.54 Å². The highest BCUT2D eigenvalue weighted by Gasteiger charge is 2.21. The Balaban J connectivity index is 1.29. The average Bonchev–Trinajstić information content (AvgIpc) is 3.14. The summed E-state index contributed by atoms with van der Waals surface area (Å²) < 4.78 is 13.3. The number of rotatable bonds is 4. The van der Waals surface area contributed by atoms with Crippen molar-refractivity contribution in [1.29, 1.82) is 0 Å². The van der Waals surface area contributed by atoms with E-state index in [-0.39, 0.29) is 0 Å². The average molecular weight is 426 g/mol. The molecule has 2 aliphatic heterocycles. The highest BCUT2D eigenvalue weighted by Crippen LogP contribution is 2.35. The Morgan fingerprint density at radius 2 is 1.80 bits per heavy atom. The van der Waals surface area contributed by atoms with E-state index in [1.165, 1.54) is 5.56 Å². The quantitative estimate of drug-likeness (QED) is 0.639. The van der Waals surface area contributed by atoms with Crippen molar-refractivity contribution in [3.63, 3.8) is 0 Å². The highest BCUT2D eigenvalue weighted by molar-refractivity contribution is 6.30. The van der Waals surface area contributed by atoms with Crippen molar-refractivity contribution < 1.29 is 9.47 Å². The molecule has 8 heteroatoms. The Labute approximate surface area is 180 Å². The maximum absolute atomic E-state index is 5.96. The van der Waals surface area contributed by atoms with Gasteiger partial charge in [0, 0.05) is 63.3 Å². The van der Waals surface area contributed by atoms with Gasteiger partial charge in [-0.25, -0.2) is 4.98 Å². The molecule has 0 unspecified atom stereocenters. The van der Waals surface area contributed by atoms with Crippen molar-refractivity contribution in [2.75, 3.05) is 44.3 Å². The zero-order chi connectivity index (χ0) is 20.5. The number of anilines is 1. The van der Waals surface area contributed by atoms with Gasteiger partial charge in [-0.1, -0.05) is 11.6 Å². The molecule has 0 amide bonds. The van der Waals surface area contributed by atoms with Crippen LogP contribution in [0.5, 0.6) is 11.5 Å². The van der Waals surface area contributed by atoms with Crippen LogP contribution in [0.3, 0.4) is 0 Å². The van der Waals surface area contributed by atoms with Gasteiger partial charge in [0.25, 0.3) is 0 Å². The van der Waals surface area contributed by atoms with Crippen LogP contribution in [0.4, 0.5) is 5.82 Å². The molecule has 0 aliphatic carbocycles. The zero-order valence-corrected chi connectivity index (χ0v) is 17.7. The Hall–Kier alpha value is -2.77. The van der Waals surface area contributed by atoms with E-state index >= 15 is 0 Å². The molecule has 0 N–H and O–H groups in total. The van der Waals surface area contributed by atoms with Gasteiger partial charge in [-0.3, -0.25) is 9.58 Å². The molecule has 0 bridgehead atoms. The first-order valence-electron chi connectivity index (χ1n) is 10.2. The fourth-order valence-electron chi connectivity index (χ4n) is 4.02. The van der Waals surface area contributed by atoms with E-state index in [9.17, 15) is 0 Å². The molecule has 156 valence electrons. The number of nitrogens with zero attached hydrogens (tertiary/aromatic N) is 5. The van der Waals surface area contributed by atoms with Crippen LogP contribution < -0.4 is 14.4 Å². The molecule has 0 atom stereocenters. The van der Waals surface area contributed by atoms with E-state index in [1.54, 1.807) is 6.20 Å². The number of piperazine rings is 1. The number of hydrogen-bond donors (Lipinski definition) is 0. The number of aromatic nitrogens is 3. The molecule has 30 heavy (non-hydrogen) atoms. The van der Waals surface area contributed by atoms with Crippen LogP contribution in [-0.4, -0.2) is 59.1 Å². The van der Waals surface area contributed by atoms with Gasteiger partial charge in [-0.15, -0.1) is 0 Å². The fourth-order valence-corrected chi connectivity index (χ4v) is 4.13. The molecule has 5 rings (SSSR count). The van der Waals surface area contributed by atoms with Crippen LogP contribution in [0, 0.1) is 0 Å². The minimum Gasteiger partial charge on any atom is -0.486 e. The maximum Gasteiger partial charge on any atom is 0.162 e. The van der Waals surface area contributed by atoms with Crippen LogP contribution >= 0.6 is 11.6 Å². The van der Waals surface area contributed by atoms with Gasteiger partial charge in [0.15, 0.2) is 11.5 Å². The van der Waals surface area contributed by atoms with Crippen molar-refractivity contribution in [2.24, 2.45) is 7.05 Å². The number of aryl methyl sites for hydroxylation is 1. The summed E-state index contributed by atoms with van der Waals surface area (Å²) in [6.07, 6.45) is 3.82. The molecule has 2 aromatic heterocycles. The van der Waals surface area contributed by atoms with Gasteiger partial charge in [0.2, 0.25) is 0 Å². The van der Waals surface area contributed by atoms with Gasteiger partial charge < -0.3 is 14.4 Å². The molecule has 1 fully saturated rings. The first kappa shape index (κ1) is 19.2. The molecule has 4 heterocycles. The lowest BCUT2D eigenvalue weighted by atomic mass is 10.1. The topological polar surface area (TPSA) is 55.7 Å². The van der Waals surface area contributed by atoms with Gasteiger partial charge in [0.1, 0.15) is 19.0 Å². The van der Waals surface area contributed by atoms with Crippen molar-refractivity contribution in [3.8, 4) is 22.8 Å². The summed E-state index contributed by atoms with van der Waals surface area (Å²) in [4.78, 5) is 9.21. The van der Waals surface area contributed by atoms with E-state index in [2.05, 4.69) is 27.0 Å². The first-order valence-corrected chi connectivity index (χ1v) is 10.5. The molecule has 7 nitrogen and oxygen atoms in total. The molecule has 0 radical (unpaired) electrons. The molecule has 3 aromatic rings. The van der Waals surface area contributed by atoms with Gasteiger partial charge in [-0.05, 0) is 30.3 Å². The number of ether oxygens (including phenoxy) is 2. The van der Waals surface area contributed by atoms with Crippen molar-refractivity contribution in [3.05, 3.63) is 53.3 Å². The second-order valence-electron chi connectivity index (χ2n) is 7.63. The molecule has 1 saturated heterocycles. The molecular formula is C22H24ClN5O2. The van der Waals surface area contributed by atoms with Crippen LogP contribution in [0.1, 0.15) is 5.56 Å². The summed E-state index contributed by atoms with van der Waals surface area (Å²) in [7, 11) is 1.97. The van der Waals surface area contributed by atoms with Crippen LogP contribution in [0.2, 0.25) is 5.02 Å². The smallest absolute Gasteiger partial charge is 0.162 e.